The lowest BCUT2D eigenvalue weighted by molar-refractivity contribution is 0.401. The molecule has 6 nitrogen and oxygen atoms in total. The van der Waals surface area contributed by atoms with E-state index in [1.165, 1.54) is 6.33 Å². The average molecular weight is 310 g/mol. The summed E-state index contributed by atoms with van der Waals surface area (Å²) >= 11 is 7.61. The third-order valence-electron chi connectivity index (χ3n) is 2.92. The number of fused-ring (bicyclic) bond motifs is 1. The minimum absolute atomic E-state index is 0.317. The highest BCUT2D eigenvalue weighted by molar-refractivity contribution is 7.09. The lowest BCUT2D eigenvalue weighted by Gasteiger charge is -2.05. The van der Waals surface area contributed by atoms with E-state index in [0.717, 1.165) is 29.4 Å². The summed E-state index contributed by atoms with van der Waals surface area (Å²) < 4.78 is 7.20. The highest BCUT2D eigenvalue weighted by atomic mass is 35.5. The summed E-state index contributed by atoms with van der Waals surface area (Å²) in [5.41, 5.74) is 1.38. The van der Waals surface area contributed by atoms with Crippen molar-refractivity contribution >= 4 is 34.1 Å². The fraction of sp³-hybridized carbons (Fsp3) is 0.333. The van der Waals surface area contributed by atoms with Crippen LogP contribution in [0.5, 0.6) is 5.88 Å². The first-order valence-corrected chi connectivity index (χ1v) is 7.43. The second-order valence-electron chi connectivity index (χ2n) is 4.04. The van der Waals surface area contributed by atoms with Crippen LogP contribution in [-0.4, -0.2) is 31.6 Å². The lowest BCUT2D eigenvalue weighted by Crippen LogP contribution is -2.06. The monoisotopic (exact) mass is 309 g/mol. The molecule has 0 amide bonds. The number of nitrogens with zero attached hydrogens (tertiary/aromatic N) is 5. The Morgan fingerprint density at radius 1 is 1.35 bits per heavy atom. The molecule has 3 heterocycles. The lowest BCUT2D eigenvalue weighted by atomic mass is 10.4. The van der Waals surface area contributed by atoms with Gasteiger partial charge < -0.3 is 9.30 Å². The summed E-state index contributed by atoms with van der Waals surface area (Å²) in [5, 5.41) is 3.04. The molecule has 0 aliphatic heterocycles. The van der Waals surface area contributed by atoms with E-state index in [1.54, 1.807) is 24.6 Å². The van der Waals surface area contributed by atoms with Crippen molar-refractivity contribution < 1.29 is 4.74 Å². The fourth-order valence-corrected chi connectivity index (χ4v) is 2.84. The molecule has 0 radical (unpaired) electrons. The number of halogens is 1. The maximum atomic E-state index is 5.97. The van der Waals surface area contributed by atoms with Gasteiger partial charge in [0, 0.05) is 24.5 Å². The molecular formula is C12H12ClN5OS. The smallest absolute Gasteiger partial charge is 0.245 e. The van der Waals surface area contributed by atoms with Gasteiger partial charge in [0.25, 0.3) is 0 Å². The summed E-state index contributed by atoms with van der Waals surface area (Å²) in [4.78, 5) is 17.1. The van der Waals surface area contributed by atoms with Crippen molar-refractivity contribution in [2.45, 2.75) is 18.8 Å². The molecule has 0 N–H and O–H groups in total. The topological polar surface area (TPSA) is 65.7 Å². The van der Waals surface area contributed by atoms with Gasteiger partial charge in [-0.1, -0.05) is 0 Å². The average Bonchev–Trinajstić information content (AvgIpc) is 3.11. The molecule has 0 aliphatic rings. The number of alkyl halides is 1. The zero-order valence-corrected chi connectivity index (χ0v) is 12.4. The third kappa shape index (κ3) is 2.34. The highest BCUT2D eigenvalue weighted by Crippen LogP contribution is 2.23. The van der Waals surface area contributed by atoms with Crippen LogP contribution >= 0.6 is 22.9 Å². The van der Waals surface area contributed by atoms with E-state index in [1.807, 2.05) is 9.95 Å². The molecule has 20 heavy (non-hydrogen) atoms. The zero-order valence-electron chi connectivity index (χ0n) is 10.8. The van der Waals surface area contributed by atoms with Crippen molar-refractivity contribution in [1.29, 1.82) is 0 Å². The summed E-state index contributed by atoms with van der Waals surface area (Å²) in [6.45, 7) is 0.728. The van der Waals surface area contributed by atoms with Crippen LogP contribution in [0.25, 0.3) is 11.2 Å². The second-order valence-corrected chi connectivity index (χ2v) is 5.29. The first-order valence-electron chi connectivity index (χ1n) is 6.02. The van der Waals surface area contributed by atoms with Gasteiger partial charge in [-0.15, -0.1) is 22.9 Å². The van der Waals surface area contributed by atoms with Crippen molar-refractivity contribution in [2.24, 2.45) is 0 Å². The number of methoxy groups -OCH3 is 1. The quantitative estimate of drug-likeness (QED) is 0.676. The molecule has 3 aromatic heterocycles. The predicted octanol–water partition coefficient (Wildman–Crippen LogP) is 2.27. The van der Waals surface area contributed by atoms with Crippen LogP contribution in [0.2, 0.25) is 0 Å². The van der Waals surface area contributed by atoms with E-state index in [-0.39, 0.29) is 0 Å². The van der Waals surface area contributed by atoms with E-state index in [9.17, 15) is 0 Å². The first kappa shape index (κ1) is 13.3. The molecule has 0 saturated carbocycles. The van der Waals surface area contributed by atoms with Crippen LogP contribution in [0, 0.1) is 0 Å². The first-order chi connectivity index (χ1) is 9.83. The Hall–Kier alpha value is -1.73. The van der Waals surface area contributed by atoms with Gasteiger partial charge >= 0.3 is 0 Å². The molecule has 0 bridgehead atoms. The molecular weight excluding hydrogens is 298 g/mol. The summed E-state index contributed by atoms with van der Waals surface area (Å²) in [6.07, 6.45) is 4.10. The van der Waals surface area contributed by atoms with Crippen molar-refractivity contribution in [3.8, 4) is 5.88 Å². The van der Waals surface area contributed by atoms with Crippen LogP contribution in [0.15, 0.2) is 17.9 Å². The number of ether oxygens (including phenoxy) is 1. The van der Waals surface area contributed by atoms with Crippen LogP contribution in [0.4, 0.5) is 0 Å². The Morgan fingerprint density at radius 3 is 2.95 bits per heavy atom. The molecule has 0 aromatic carbocycles. The van der Waals surface area contributed by atoms with Crippen molar-refractivity contribution in [3.05, 3.63) is 28.7 Å². The van der Waals surface area contributed by atoms with Crippen LogP contribution in [0.1, 0.15) is 10.8 Å². The number of thiazole rings is 1. The van der Waals surface area contributed by atoms with Crippen LogP contribution in [-0.2, 0) is 18.8 Å². The van der Waals surface area contributed by atoms with Gasteiger partial charge in [0.05, 0.1) is 18.0 Å². The Labute approximate surface area is 124 Å². The zero-order chi connectivity index (χ0) is 13.9. The maximum Gasteiger partial charge on any atom is 0.245 e. The minimum Gasteiger partial charge on any atom is -0.479 e. The molecule has 0 spiro atoms. The molecule has 0 aliphatic carbocycles. The van der Waals surface area contributed by atoms with E-state index in [2.05, 4.69) is 19.9 Å². The molecule has 0 atom stereocenters. The van der Waals surface area contributed by atoms with E-state index in [4.69, 9.17) is 16.3 Å². The van der Waals surface area contributed by atoms with Gasteiger partial charge in [-0.2, -0.15) is 4.98 Å². The van der Waals surface area contributed by atoms with Gasteiger partial charge in [-0.05, 0) is 0 Å². The number of rotatable bonds is 5. The maximum absolute atomic E-state index is 5.97. The fourth-order valence-electron chi connectivity index (χ4n) is 2.03. The summed E-state index contributed by atoms with van der Waals surface area (Å²) in [5.74, 6) is 1.54. The van der Waals surface area contributed by atoms with Crippen molar-refractivity contribution in [3.63, 3.8) is 0 Å². The highest BCUT2D eigenvalue weighted by Gasteiger charge is 2.15. The molecule has 3 aromatic rings. The molecule has 8 heteroatoms. The van der Waals surface area contributed by atoms with Crippen molar-refractivity contribution in [2.75, 3.05) is 7.11 Å². The second kappa shape index (κ2) is 5.72. The minimum atomic E-state index is 0.317. The summed E-state index contributed by atoms with van der Waals surface area (Å²) in [7, 11) is 1.57. The van der Waals surface area contributed by atoms with Gasteiger partial charge in [0.1, 0.15) is 12.2 Å². The van der Waals surface area contributed by atoms with Gasteiger partial charge in [0.2, 0.25) is 5.88 Å². The Balaban J connectivity index is 1.99. The standard InChI is InChI=1S/C12H12ClN5OS/c1-19-12-10-11(15-7-16-12)18(8(6-13)17-10)4-2-9-14-3-5-20-9/h3,5,7H,2,4,6H2,1H3. The Kier molecular flexibility index (Phi) is 3.79. The molecule has 3 rings (SSSR count). The normalized spacial score (nSPS) is 11.1. The SMILES string of the molecule is COc1ncnc2c1nc(CCl)n2CCc1nccs1. The molecule has 104 valence electrons. The largest absolute Gasteiger partial charge is 0.479 e. The number of hydrogen-bond acceptors (Lipinski definition) is 6. The molecule has 0 fully saturated rings. The van der Waals surface area contributed by atoms with Crippen molar-refractivity contribution in [1.82, 2.24) is 24.5 Å². The Bertz CT molecular complexity index is 712. The number of hydrogen-bond donors (Lipinski definition) is 0. The molecule has 0 unspecified atom stereocenters. The van der Waals surface area contributed by atoms with Gasteiger partial charge in [-0.25, -0.2) is 15.0 Å². The van der Waals surface area contributed by atoms with Gasteiger partial charge in [0.15, 0.2) is 11.2 Å². The van der Waals surface area contributed by atoms with Crippen LogP contribution in [0.3, 0.4) is 0 Å². The third-order valence-corrected chi connectivity index (χ3v) is 4.00. The summed E-state index contributed by atoms with van der Waals surface area (Å²) in [6, 6.07) is 0. The van der Waals surface area contributed by atoms with E-state index < -0.39 is 0 Å². The Morgan fingerprint density at radius 2 is 2.25 bits per heavy atom. The van der Waals surface area contributed by atoms with Gasteiger partial charge in [-0.3, -0.25) is 0 Å². The van der Waals surface area contributed by atoms with E-state index >= 15 is 0 Å². The predicted molar refractivity (Wildman–Crippen MR) is 77.3 cm³/mol. The molecule has 0 saturated heterocycles. The van der Waals surface area contributed by atoms with Crippen LogP contribution < -0.4 is 4.74 Å². The number of aromatic nitrogens is 5. The number of imidazole rings is 1. The van der Waals surface area contributed by atoms with E-state index in [0.29, 0.717) is 17.3 Å². The number of aryl methyl sites for hydroxylation is 2.